The van der Waals surface area contributed by atoms with Crippen LogP contribution in [0.1, 0.15) is 32.8 Å². The van der Waals surface area contributed by atoms with Crippen LogP contribution in [0.3, 0.4) is 0 Å². The zero-order valence-electron chi connectivity index (χ0n) is 12.4. The van der Waals surface area contributed by atoms with Crippen molar-refractivity contribution in [2.45, 2.75) is 39.3 Å². The standard InChI is InChI=1S/C14H23N3O2/c1-6-14(2,3)16(5)10-11-8-7-9-12(17(18)19)13(11)15-4/h7-9,15H,6,10H2,1-5H3. The molecule has 5 heteroatoms. The molecule has 0 atom stereocenters. The van der Waals surface area contributed by atoms with E-state index in [4.69, 9.17) is 0 Å². The largest absolute Gasteiger partial charge is 0.382 e. The van der Waals surface area contributed by atoms with Crippen LogP contribution in [0.5, 0.6) is 0 Å². The topological polar surface area (TPSA) is 58.4 Å². The van der Waals surface area contributed by atoms with E-state index in [0.29, 0.717) is 12.2 Å². The summed E-state index contributed by atoms with van der Waals surface area (Å²) in [5, 5.41) is 14.0. The first-order valence-corrected chi connectivity index (χ1v) is 6.48. The summed E-state index contributed by atoms with van der Waals surface area (Å²) in [6.07, 6.45) is 1.02. The number of para-hydroxylation sites is 1. The van der Waals surface area contributed by atoms with Gasteiger partial charge in [-0.15, -0.1) is 0 Å². The molecule has 0 aromatic heterocycles. The molecular formula is C14H23N3O2. The fourth-order valence-electron chi connectivity index (χ4n) is 1.90. The number of nitro benzene ring substituents is 1. The number of nitro groups is 1. The molecule has 0 aliphatic carbocycles. The van der Waals surface area contributed by atoms with E-state index < -0.39 is 0 Å². The Kier molecular flexibility index (Phi) is 4.89. The number of rotatable bonds is 6. The zero-order chi connectivity index (χ0) is 14.6. The third-order valence-electron chi connectivity index (χ3n) is 3.88. The molecule has 1 aromatic carbocycles. The molecule has 1 rings (SSSR count). The van der Waals surface area contributed by atoms with E-state index in [1.165, 1.54) is 6.07 Å². The normalized spacial score (nSPS) is 11.7. The van der Waals surface area contributed by atoms with E-state index in [1.807, 2.05) is 13.1 Å². The van der Waals surface area contributed by atoms with Gasteiger partial charge in [0.15, 0.2) is 0 Å². The summed E-state index contributed by atoms with van der Waals surface area (Å²) in [4.78, 5) is 12.9. The fraction of sp³-hybridized carbons (Fsp3) is 0.571. The number of nitrogens with zero attached hydrogens (tertiary/aromatic N) is 2. The lowest BCUT2D eigenvalue weighted by molar-refractivity contribution is -0.384. The molecular weight excluding hydrogens is 242 g/mol. The van der Waals surface area contributed by atoms with Gasteiger partial charge >= 0.3 is 0 Å². The summed E-state index contributed by atoms with van der Waals surface area (Å²) in [7, 11) is 3.76. The van der Waals surface area contributed by atoms with E-state index in [1.54, 1.807) is 13.1 Å². The van der Waals surface area contributed by atoms with Crippen LogP contribution >= 0.6 is 0 Å². The average Bonchev–Trinajstić information content (AvgIpc) is 2.38. The van der Waals surface area contributed by atoms with Gasteiger partial charge in [-0.1, -0.05) is 19.1 Å². The quantitative estimate of drug-likeness (QED) is 0.633. The number of hydrogen-bond donors (Lipinski definition) is 1. The minimum atomic E-state index is -0.347. The average molecular weight is 265 g/mol. The molecule has 0 bridgehead atoms. The lowest BCUT2D eigenvalue weighted by atomic mass is 9.99. The maximum absolute atomic E-state index is 11.0. The van der Waals surface area contributed by atoms with Crippen molar-refractivity contribution in [1.82, 2.24) is 4.90 Å². The Hall–Kier alpha value is -1.62. The maximum atomic E-state index is 11.0. The Morgan fingerprint density at radius 2 is 2.05 bits per heavy atom. The molecule has 0 amide bonds. The molecule has 5 nitrogen and oxygen atoms in total. The third kappa shape index (κ3) is 3.44. The Morgan fingerprint density at radius 1 is 1.42 bits per heavy atom. The lowest BCUT2D eigenvalue weighted by Crippen LogP contribution is -2.39. The monoisotopic (exact) mass is 265 g/mol. The van der Waals surface area contributed by atoms with Gasteiger partial charge in [0.05, 0.1) is 4.92 Å². The first kappa shape index (κ1) is 15.4. The molecule has 0 heterocycles. The van der Waals surface area contributed by atoms with Crippen LogP contribution in [-0.2, 0) is 6.54 Å². The van der Waals surface area contributed by atoms with Gasteiger partial charge in [-0.05, 0) is 32.9 Å². The molecule has 19 heavy (non-hydrogen) atoms. The van der Waals surface area contributed by atoms with Crippen LogP contribution in [0.25, 0.3) is 0 Å². The molecule has 0 saturated heterocycles. The Morgan fingerprint density at radius 3 is 2.53 bits per heavy atom. The fourth-order valence-corrected chi connectivity index (χ4v) is 1.90. The smallest absolute Gasteiger partial charge is 0.292 e. The predicted molar refractivity (Wildman–Crippen MR) is 78.5 cm³/mol. The Labute approximate surface area is 114 Å². The Bertz CT molecular complexity index is 458. The molecule has 0 saturated carbocycles. The molecule has 0 aliphatic rings. The number of nitrogens with one attached hydrogen (secondary N) is 1. The van der Waals surface area contributed by atoms with Crippen LogP contribution in [0.4, 0.5) is 11.4 Å². The number of benzene rings is 1. The van der Waals surface area contributed by atoms with Gasteiger partial charge in [-0.3, -0.25) is 15.0 Å². The van der Waals surface area contributed by atoms with Gasteiger partial charge in [-0.2, -0.15) is 0 Å². The highest BCUT2D eigenvalue weighted by molar-refractivity contribution is 5.66. The van der Waals surface area contributed by atoms with Crippen LogP contribution in [-0.4, -0.2) is 29.5 Å². The maximum Gasteiger partial charge on any atom is 0.292 e. The highest BCUT2D eigenvalue weighted by Gasteiger charge is 2.23. The molecule has 0 unspecified atom stereocenters. The SMILES string of the molecule is CCC(C)(C)N(C)Cc1cccc([N+](=O)[O-])c1NC. The van der Waals surface area contributed by atoms with Crippen molar-refractivity contribution in [2.75, 3.05) is 19.4 Å². The minimum absolute atomic E-state index is 0.0651. The first-order chi connectivity index (χ1) is 8.83. The molecule has 0 aliphatic heterocycles. The van der Waals surface area contributed by atoms with Crippen molar-refractivity contribution in [2.24, 2.45) is 0 Å². The van der Waals surface area contributed by atoms with E-state index in [0.717, 1.165) is 12.0 Å². The van der Waals surface area contributed by atoms with Gasteiger partial charge in [0.25, 0.3) is 5.69 Å². The van der Waals surface area contributed by atoms with E-state index >= 15 is 0 Å². The summed E-state index contributed by atoms with van der Waals surface area (Å²) in [5.41, 5.74) is 1.74. The van der Waals surface area contributed by atoms with Gasteiger partial charge < -0.3 is 5.32 Å². The van der Waals surface area contributed by atoms with Crippen LogP contribution < -0.4 is 5.32 Å². The summed E-state index contributed by atoms with van der Waals surface area (Å²) in [6.45, 7) is 7.16. The van der Waals surface area contributed by atoms with Gasteiger partial charge in [-0.25, -0.2) is 0 Å². The Balaban J connectivity index is 3.08. The second kappa shape index (κ2) is 6.02. The van der Waals surface area contributed by atoms with Gasteiger partial charge in [0.1, 0.15) is 5.69 Å². The molecule has 0 radical (unpaired) electrons. The summed E-state index contributed by atoms with van der Waals surface area (Å²) in [5.74, 6) is 0. The number of anilines is 1. The summed E-state index contributed by atoms with van der Waals surface area (Å²) < 4.78 is 0. The van der Waals surface area contributed by atoms with Gasteiger partial charge in [0.2, 0.25) is 0 Å². The van der Waals surface area contributed by atoms with Crippen molar-refractivity contribution in [3.63, 3.8) is 0 Å². The first-order valence-electron chi connectivity index (χ1n) is 6.48. The predicted octanol–water partition coefficient (Wildman–Crippen LogP) is 3.26. The second-order valence-electron chi connectivity index (χ2n) is 5.34. The zero-order valence-corrected chi connectivity index (χ0v) is 12.4. The van der Waals surface area contributed by atoms with Crippen LogP contribution in [0.2, 0.25) is 0 Å². The van der Waals surface area contributed by atoms with E-state index in [-0.39, 0.29) is 16.1 Å². The van der Waals surface area contributed by atoms with Crippen molar-refractivity contribution in [3.05, 3.63) is 33.9 Å². The summed E-state index contributed by atoms with van der Waals surface area (Å²) in [6, 6.07) is 5.20. The van der Waals surface area contributed by atoms with Crippen LogP contribution in [0, 0.1) is 10.1 Å². The minimum Gasteiger partial charge on any atom is -0.382 e. The summed E-state index contributed by atoms with van der Waals surface area (Å²) >= 11 is 0. The van der Waals surface area contributed by atoms with Crippen molar-refractivity contribution in [1.29, 1.82) is 0 Å². The molecule has 0 fully saturated rings. The van der Waals surface area contributed by atoms with Crippen molar-refractivity contribution in [3.8, 4) is 0 Å². The van der Waals surface area contributed by atoms with E-state index in [2.05, 4.69) is 31.0 Å². The number of hydrogen-bond acceptors (Lipinski definition) is 4. The highest BCUT2D eigenvalue weighted by atomic mass is 16.6. The highest BCUT2D eigenvalue weighted by Crippen LogP contribution is 2.30. The molecule has 1 N–H and O–H groups in total. The third-order valence-corrected chi connectivity index (χ3v) is 3.88. The van der Waals surface area contributed by atoms with Crippen LogP contribution in [0.15, 0.2) is 18.2 Å². The van der Waals surface area contributed by atoms with Gasteiger partial charge in [0, 0.05) is 25.2 Å². The molecule has 106 valence electrons. The van der Waals surface area contributed by atoms with Crippen molar-refractivity contribution < 1.29 is 4.92 Å². The van der Waals surface area contributed by atoms with E-state index in [9.17, 15) is 10.1 Å². The van der Waals surface area contributed by atoms with Crippen molar-refractivity contribution >= 4 is 11.4 Å². The second-order valence-corrected chi connectivity index (χ2v) is 5.34. The molecule has 0 spiro atoms. The lowest BCUT2D eigenvalue weighted by Gasteiger charge is -2.35. The molecule has 1 aromatic rings.